The third-order valence-electron chi connectivity index (χ3n) is 3.67. The molecule has 1 aliphatic rings. The number of rotatable bonds is 7. The highest BCUT2D eigenvalue weighted by Crippen LogP contribution is 2.35. The number of hydrogen-bond donors (Lipinski definition) is 2. The third kappa shape index (κ3) is 3.44. The molecule has 1 heterocycles. The van der Waals surface area contributed by atoms with Gasteiger partial charge in [-0.3, -0.25) is 0 Å². The molecule has 2 atom stereocenters. The molecule has 112 valence electrons. The lowest BCUT2D eigenvalue weighted by atomic mass is 10.1. The largest absolute Gasteiger partial charge is 0.494 e. The van der Waals surface area contributed by atoms with Crippen molar-refractivity contribution in [1.82, 2.24) is 5.32 Å². The van der Waals surface area contributed by atoms with Crippen LogP contribution < -0.4 is 14.8 Å². The molecule has 4 heteroatoms. The average Bonchev–Trinajstić information content (AvgIpc) is 2.79. The SMILES string of the molecule is CCOc1cc2c(cc1CNC(CC)CO)OC(C)C2. The van der Waals surface area contributed by atoms with Crippen molar-refractivity contribution in [3.8, 4) is 11.5 Å². The van der Waals surface area contributed by atoms with Crippen LogP contribution in [0.5, 0.6) is 11.5 Å². The zero-order valence-corrected chi connectivity index (χ0v) is 12.6. The summed E-state index contributed by atoms with van der Waals surface area (Å²) in [6, 6.07) is 4.29. The molecule has 0 bridgehead atoms. The lowest BCUT2D eigenvalue weighted by Crippen LogP contribution is -2.31. The Balaban J connectivity index is 2.16. The van der Waals surface area contributed by atoms with E-state index in [0.717, 1.165) is 29.9 Å². The van der Waals surface area contributed by atoms with Gasteiger partial charge < -0.3 is 19.9 Å². The van der Waals surface area contributed by atoms with E-state index in [1.165, 1.54) is 5.56 Å². The van der Waals surface area contributed by atoms with Gasteiger partial charge in [-0.25, -0.2) is 0 Å². The molecular weight excluding hydrogens is 254 g/mol. The molecule has 1 aromatic carbocycles. The minimum Gasteiger partial charge on any atom is -0.494 e. The number of hydrogen-bond acceptors (Lipinski definition) is 4. The molecular formula is C16H25NO3. The fraction of sp³-hybridized carbons (Fsp3) is 0.625. The predicted octanol–water partition coefficient (Wildman–Crippen LogP) is 2.27. The number of aliphatic hydroxyl groups excluding tert-OH is 1. The normalized spacial score (nSPS) is 18.5. The predicted molar refractivity (Wildman–Crippen MR) is 79.4 cm³/mol. The first-order valence-electron chi connectivity index (χ1n) is 7.47. The Kier molecular flexibility index (Phi) is 5.26. The van der Waals surface area contributed by atoms with Crippen LogP contribution in [0, 0.1) is 0 Å². The van der Waals surface area contributed by atoms with Crippen LogP contribution in [0.25, 0.3) is 0 Å². The average molecular weight is 279 g/mol. The molecule has 0 aromatic heterocycles. The highest BCUT2D eigenvalue weighted by atomic mass is 16.5. The van der Waals surface area contributed by atoms with E-state index in [-0.39, 0.29) is 18.8 Å². The molecule has 20 heavy (non-hydrogen) atoms. The van der Waals surface area contributed by atoms with Crippen molar-refractivity contribution in [3.63, 3.8) is 0 Å². The first-order chi connectivity index (χ1) is 9.67. The number of nitrogens with one attached hydrogen (secondary N) is 1. The van der Waals surface area contributed by atoms with Gasteiger partial charge in [-0.2, -0.15) is 0 Å². The van der Waals surface area contributed by atoms with E-state index in [0.29, 0.717) is 13.2 Å². The van der Waals surface area contributed by atoms with Gasteiger partial charge in [0.05, 0.1) is 13.2 Å². The maximum atomic E-state index is 9.25. The number of ether oxygens (including phenoxy) is 2. The van der Waals surface area contributed by atoms with Crippen LogP contribution in [0.3, 0.4) is 0 Å². The molecule has 0 spiro atoms. The maximum Gasteiger partial charge on any atom is 0.124 e. The minimum atomic E-state index is 0.123. The van der Waals surface area contributed by atoms with Gasteiger partial charge in [-0.15, -0.1) is 0 Å². The summed E-state index contributed by atoms with van der Waals surface area (Å²) in [5, 5.41) is 12.6. The van der Waals surface area contributed by atoms with Gasteiger partial charge >= 0.3 is 0 Å². The van der Waals surface area contributed by atoms with Crippen molar-refractivity contribution in [2.24, 2.45) is 0 Å². The second-order valence-corrected chi connectivity index (χ2v) is 5.30. The molecule has 0 aliphatic carbocycles. The molecule has 2 unspecified atom stereocenters. The first-order valence-corrected chi connectivity index (χ1v) is 7.47. The van der Waals surface area contributed by atoms with Crippen molar-refractivity contribution in [1.29, 1.82) is 0 Å². The summed E-state index contributed by atoms with van der Waals surface area (Å²) in [4.78, 5) is 0. The molecule has 2 N–H and O–H groups in total. The van der Waals surface area contributed by atoms with E-state index in [2.05, 4.69) is 31.3 Å². The van der Waals surface area contributed by atoms with Crippen LogP contribution in [0.4, 0.5) is 0 Å². The van der Waals surface area contributed by atoms with E-state index < -0.39 is 0 Å². The monoisotopic (exact) mass is 279 g/mol. The lowest BCUT2D eigenvalue weighted by Gasteiger charge is -2.17. The number of fused-ring (bicyclic) bond motifs is 1. The quantitative estimate of drug-likeness (QED) is 0.804. The fourth-order valence-corrected chi connectivity index (χ4v) is 2.50. The van der Waals surface area contributed by atoms with Crippen molar-refractivity contribution in [3.05, 3.63) is 23.3 Å². The Labute approximate surface area is 121 Å². The van der Waals surface area contributed by atoms with Crippen LogP contribution in [0.15, 0.2) is 12.1 Å². The Hall–Kier alpha value is -1.26. The lowest BCUT2D eigenvalue weighted by molar-refractivity contribution is 0.237. The van der Waals surface area contributed by atoms with Gasteiger partial charge in [-0.05, 0) is 32.4 Å². The maximum absolute atomic E-state index is 9.25. The van der Waals surface area contributed by atoms with Crippen molar-refractivity contribution in [2.45, 2.75) is 52.3 Å². The molecule has 0 fully saturated rings. The summed E-state index contributed by atoms with van der Waals surface area (Å²) in [6.07, 6.45) is 2.08. The highest BCUT2D eigenvalue weighted by Gasteiger charge is 2.22. The highest BCUT2D eigenvalue weighted by molar-refractivity contribution is 5.48. The van der Waals surface area contributed by atoms with E-state index in [1.807, 2.05) is 6.92 Å². The zero-order valence-electron chi connectivity index (χ0n) is 12.6. The number of benzene rings is 1. The van der Waals surface area contributed by atoms with Crippen LogP contribution in [-0.2, 0) is 13.0 Å². The summed E-state index contributed by atoms with van der Waals surface area (Å²) in [5.41, 5.74) is 2.31. The molecule has 1 aromatic rings. The van der Waals surface area contributed by atoms with Crippen LogP contribution in [0.1, 0.15) is 38.3 Å². The standard InChI is InChI=1S/C16H25NO3/c1-4-14(10-18)17-9-13-8-16-12(6-11(3)20-16)7-15(13)19-5-2/h7-8,11,14,17-18H,4-6,9-10H2,1-3H3. The van der Waals surface area contributed by atoms with Crippen LogP contribution in [0.2, 0.25) is 0 Å². The minimum absolute atomic E-state index is 0.123. The van der Waals surface area contributed by atoms with Gasteiger partial charge in [0, 0.05) is 30.1 Å². The first kappa shape index (κ1) is 15.1. The Morgan fingerprint density at radius 3 is 2.90 bits per heavy atom. The van der Waals surface area contributed by atoms with Gasteiger partial charge in [0.25, 0.3) is 0 Å². The van der Waals surface area contributed by atoms with Gasteiger partial charge in [-0.1, -0.05) is 6.92 Å². The summed E-state index contributed by atoms with van der Waals surface area (Å²) < 4.78 is 11.5. The van der Waals surface area contributed by atoms with Crippen molar-refractivity contribution < 1.29 is 14.6 Å². The summed E-state index contributed by atoms with van der Waals surface area (Å²) in [7, 11) is 0. The van der Waals surface area contributed by atoms with Crippen LogP contribution in [-0.4, -0.2) is 30.5 Å². The van der Waals surface area contributed by atoms with Crippen molar-refractivity contribution >= 4 is 0 Å². The fourth-order valence-electron chi connectivity index (χ4n) is 2.50. The van der Waals surface area contributed by atoms with E-state index in [9.17, 15) is 5.11 Å². The Morgan fingerprint density at radius 1 is 1.45 bits per heavy atom. The number of aliphatic hydroxyl groups is 1. The Morgan fingerprint density at radius 2 is 2.25 bits per heavy atom. The smallest absolute Gasteiger partial charge is 0.124 e. The molecule has 2 rings (SSSR count). The third-order valence-corrected chi connectivity index (χ3v) is 3.67. The van der Waals surface area contributed by atoms with E-state index in [1.54, 1.807) is 0 Å². The van der Waals surface area contributed by atoms with E-state index >= 15 is 0 Å². The molecule has 1 aliphatic heterocycles. The van der Waals surface area contributed by atoms with Gasteiger partial charge in [0.1, 0.15) is 17.6 Å². The summed E-state index contributed by atoms with van der Waals surface area (Å²) in [6.45, 7) is 7.62. The van der Waals surface area contributed by atoms with Crippen molar-refractivity contribution in [2.75, 3.05) is 13.2 Å². The molecule has 4 nitrogen and oxygen atoms in total. The molecule has 0 saturated carbocycles. The van der Waals surface area contributed by atoms with E-state index in [4.69, 9.17) is 9.47 Å². The van der Waals surface area contributed by atoms with Crippen LogP contribution >= 0.6 is 0 Å². The second kappa shape index (κ2) is 6.95. The summed E-state index contributed by atoms with van der Waals surface area (Å²) >= 11 is 0. The second-order valence-electron chi connectivity index (χ2n) is 5.30. The topological polar surface area (TPSA) is 50.7 Å². The molecule has 0 amide bonds. The molecule has 0 radical (unpaired) electrons. The summed E-state index contributed by atoms with van der Waals surface area (Å²) in [5.74, 6) is 1.89. The van der Waals surface area contributed by atoms with Gasteiger partial charge in [0.15, 0.2) is 0 Å². The zero-order chi connectivity index (χ0) is 14.5. The Bertz CT molecular complexity index is 444. The van der Waals surface area contributed by atoms with Gasteiger partial charge in [0.2, 0.25) is 0 Å². The molecule has 0 saturated heterocycles.